The van der Waals surface area contributed by atoms with Crippen molar-refractivity contribution < 1.29 is 29.4 Å². The van der Waals surface area contributed by atoms with Gasteiger partial charge in [-0.2, -0.15) is 5.90 Å². The van der Waals surface area contributed by atoms with Crippen molar-refractivity contribution in [1.29, 1.82) is 5.41 Å². The lowest BCUT2D eigenvalue weighted by Crippen LogP contribution is -2.28. The van der Waals surface area contributed by atoms with E-state index in [1.807, 2.05) is 0 Å². The number of phenolic OH excluding ortho intramolecular Hbond substituents is 2. The lowest BCUT2D eigenvalue weighted by atomic mass is 9.81. The second kappa shape index (κ2) is 9.51. The van der Waals surface area contributed by atoms with Gasteiger partial charge in [-0.3, -0.25) is 10.2 Å². The van der Waals surface area contributed by atoms with Gasteiger partial charge in [-0.05, 0) is 67.9 Å². The van der Waals surface area contributed by atoms with Crippen LogP contribution in [0.2, 0.25) is 0 Å². The number of rotatable bonds is 8. The molecule has 11 nitrogen and oxygen atoms in total. The largest absolute Gasteiger partial charge is 0.507 e. The highest BCUT2D eigenvalue weighted by Crippen LogP contribution is 2.45. The summed E-state index contributed by atoms with van der Waals surface area (Å²) in [6.07, 6.45) is 0. The standard InChI is InChI=1S/C24H23N5O6S/c1-24(2,23(32)33)12-8-15(14-10-13(36-35-34-27)4-6-19(14)30)20(31)16(9-12)22-28-17-5-3-11(21(25)26)7-18(17)29-22/h3-10,30-31H,27H2,1-2H3,(H3,25,26)(H,28,29)(H,32,33). The number of imidazole rings is 1. The van der Waals surface area contributed by atoms with Crippen LogP contribution in [0.3, 0.4) is 0 Å². The molecule has 0 aliphatic heterocycles. The van der Waals surface area contributed by atoms with Crippen LogP contribution in [0.15, 0.2) is 53.4 Å². The van der Waals surface area contributed by atoms with E-state index in [0.29, 0.717) is 27.1 Å². The maximum Gasteiger partial charge on any atom is 0.313 e. The zero-order valence-electron chi connectivity index (χ0n) is 19.2. The highest BCUT2D eigenvalue weighted by Gasteiger charge is 2.32. The number of benzene rings is 3. The zero-order valence-corrected chi connectivity index (χ0v) is 20.0. The Morgan fingerprint density at radius 1 is 1.08 bits per heavy atom. The summed E-state index contributed by atoms with van der Waals surface area (Å²) in [5.41, 5.74) is 6.84. The average molecular weight is 510 g/mol. The summed E-state index contributed by atoms with van der Waals surface area (Å²) in [6, 6.07) is 12.5. The van der Waals surface area contributed by atoms with Gasteiger partial charge in [0.1, 0.15) is 23.2 Å². The maximum absolute atomic E-state index is 12.1. The number of carboxylic acids is 1. The van der Waals surface area contributed by atoms with E-state index < -0.39 is 11.4 Å². The van der Waals surface area contributed by atoms with Crippen LogP contribution in [0.1, 0.15) is 25.0 Å². The molecule has 0 aliphatic rings. The predicted octanol–water partition coefficient (Wildman–Crippen LogP) is 3.78. The summed E-state index contributed by atoms with van der Waals surface area (Å²) in [6.45, 7) is 3.07. The topological polar surface area (TPSA) is 201 Å². The average Bonchev–Trinajstić information content (AvgIpc) is 3.26. The number of aromatic nitrogens is 2. The van der Waals surface area contributed by atoms with Gasteiger partial charge in [-0.25, -0.2) is 4.98 Å². The molecule has 0 bridgehead atoms. The van der Waals surface area contributed by atoms with Gasteiger partial charge in [0.15, 0.2) is 0 Å². The van der Waals surface area contributed by atoms with Crippen molar-refractivity contribution in [1.82, 2.24) is 9.97 Å². The summed E-state index contributed by atoms with van der Waals surface area (Å²) in [5, 5.41) is 39.5. The minimum atomic E-state index is -1.34. The molecule has 186 valence electrons. The van der Waals surface area contributed by atoms with Crippen molar-refractivity contribution in [3.05, 3.63) is 59.7 Å². The highest BCUT2D eigenvalue weighted by atomic mass is 32.2. The monoisotopic (exact) mass is 509 g/mol. The summed E-state index contributed by atoms with van der Waals surface area (Å²) in [5.74, 6) is 3.58. The third-order valence-corrected chi connectivity index (χ3v) is 6.43. The summed E-state index contributed by atoms with van der Waals surface area (Å²) < 4.78 is 4.68. The van der Waals surface area contributed by atoms with E-state index in [4.69, 9.17) is 17.0 Å². The molecule has 0 radical (unpaired) electrons. The molecule has 1 aromatic heterocycles. The van der Waals surface area contributed by atoms with E-state index in [-0.39, 0.29) is 39.8 Å². The van der Waals surface area contributed by atoms with E-state index in [9.17, 15) is 20.1 Å². The fourth-order valence-corrected chi connectivity index (χ4v) is 4.06. The van der Waals surface area contributed by atoms with Gasteiger partial charge < -0.3 is 26.0 Å². The van der Waals surface area contributed by atoms with Crippen LogP contribution in [-0.4, -0.2) is 37.1 Å². The van der Waals surface area contributed by atoms with Gasteiger partial charge in [-0.15, -0.1) is 9.32 Å². The Bertz CT molecular complexity index is 1500. The molecule has 36 heavy (non-hydrogen) atoms. The number of nitrogens with zero attached hydrogens (tertiary/aromatic N) is 1. The number of nitrogens with one attached hydrogen (secondary N) is 2. The molecule has 1 heterocycles. The number of nitrogens with two attached hydrogens (primary N) is 2. The normalized spacial score (nSPS) is 11.6. The summed E-state index contributed by atoms with van der Waals surface area (Å²) in [4.78, 5) is 24.3. The lowest BCUT2D eigenvalue weighted by Gasteiger charge is -2.23. The van der Waals surface area contributed by atoms with Crippen LogP contribution in [0.5, 0.6) is 11.5 Å². The highest BCUT2D eigenvalue weighted by molar-refractivity contribution is 7.94. The lowest BCUT2D eigenvalue weighted by molar-refractivity contribution is -0.195. The van der Waals surface area contributed by atoms with Crippen molar-refractivity contribution in [3.8, 4) is 34.0 Å². The molecular weight excluding hydrogens is 486 g/mol. The second-order valence-electron chi connectivity index (χ2n) is 8.51. The molecule has 0 saturated heterocycles. The fraction of sp³-hybridized carbons (Fsp3) is 0.125. The molecule has 3 aromatic carbocycles. The van der Waals surface area contributed by atoms with Gasteiger partial charge >= 0.3 is 5.97 Å². The number of aromatic hydroxyl groups is 2. The van der Waals surface area contributed by atoms with E-state index in [2.05, 4.69) is 19.3 Å². The van der Waals surface area contributed by atoms with Crippen molar-refractivity contribution >= 4 is 34.9 Å². The predicted molar refractivity (Wildman–Crippen MR) is 134 cm³/mol. The third-order valence-electron chi connectivity index (χ3n) is 5.84. The number of hydrogen-bond acceptors (Lipinski definition) is 9. The molecule has 4 aromatic rings. The van der Waals surface area contributed by atoms with E-state index >= 15 is 0 Å². The number of carboxylic acid groups (broad SMARTS) is 1. The first-order valence-corrected chi connectivity index (χ1v) is 11.3. The number of fused-ring (bicyclic) bond motifs is 1. The number of phenols is 2. The first-order valence-electron chi connectivity index (χ1n) is 10.5. The van der Waals surface area contributed by atoms with Crippen LogP contribution in [0.4, 0.5) is 0 Å². The summed E-state index contributed by atoms with van der Waals surface area (Å²) >= 11 is 0.785. The molecule has 0 saturated carbocycles. The SMILES string of the molecule is CC(C)(C(=O)O)c1cc(-c2nc3ccc(C(=N)N)cc3[nH]2)c(O)c(-c2cc(SOON)ccc2O)c1. The molecular formula is C24H23N5O6S. The molecule has 12 heteroatoms. The quantitative estimate of drug-likeness (QED) is 0.0602. The first-order chi connectivity index (χ1) is 17.0. The number of aliphatic carboxylic acids is 1. The minimum Gasteiger partial charge on any atom is -0.507 e. The Labute approximate surface area is 209 Å². The Morgan fingerprint density at radius 3 is 2.47 bits per heavy atom. The maximum atomic E-state index is 12.1. The van der Waals surface area contributed by atoms with Crippen LogP contribution < -0.4 is 11.6 Å². The Hall–Kier alpha value is -4.10. The van der Waals surface area contributed by atoms with Crippen molar-refractivity contribution in [3.63, 3.8) is 0 Å². The first kappa shape index (κ1) is 25.0. The molecule has 0 unspecified atom stereocenters. The van der Waals surface area contributed by atoms with Crippen LogP contribution in [0, 0.1) is 5.41 Å². The van der Waals surface area contributed by atoms with Gasteiger partial charge in [0.2, 0.25) is 0 Å². The smallest absolute Gasteiger partial charge is 0.313 e. The van der Waals surface area contributed by atoms with Gasteiger partial charge in [-0.1, -0.05) is 0 Å². The van der Waals surface area contributed by atoms with Crippen LogP contribution in [0.25, 0.3) is 33.5 Å². The summed E-state index contributed by atoms with van der Waals surface area (Å²) in [7, 11) is 0. The molecule has 4 rings (SSSR count). The van der Waals surface area contributed by atoms with E-state index in [1.54, 1.807) is 24.3 Å². The third kappa shape index (κ3) is 4.57. The van der Waals surface area contributed by atoms with Gasteiger partial charge in [0.25, 0.3) is 0 Å². The van der Waals surface area contributed by atoms with E-state index in [1.165, 1.54) is 38.1 Å². The zero-order chi connectivity index (χ0) is 26.2. The Kier molecular flexibility index (Phi) is 6.61. The minimum absolute atomic E-state index is 0.111. The number of carbonyl (C=O) groups is 1. The molecule has 0 amide bonds. The van der Waals surface area contributed by atoms with Crippen molar-refractivity contribution in [2.24, 2.45) is 11.6 Å². The Morgan fingerprint density at radius 2 is 1.81 bits per heavy atom. The molecule has 0 aliphatic carbocycles. The van der Waals surface area contributed by atoms with Crippen molar-refractivity contribution in [2.75, 3.05) is 0 Å². The van der Waals surface area contributed by atoms with Gasteiger partial charge in [0.05, 0.1) is 34.1 Å². The second-order valence-corrected chi connectivity index (χ2v) is 9.28. The van der Waals surface area contributed by atoms with Crippen LogP contribution >= 0.6 is 12.0 Å². The van der Waals surface area contributed by atoms with Gasteiger partial charge in [0, 0.05) is 21.6 Å². The number of nitrogen functional groups attached to an aromatic ring is 1. The van der Waals surface area contributed by atoms with Crippen molar-refractivity contribution in [2.45, 2.75) is 24.2 Å². The molecule has 9 N–H and O–H groups in total. The van der Waals surface area contributed by atoms with Crippen LogP contribution in [-0.2, 0) is 19.5 Å². The fourth-order valence-electron chi connectivity index (χ4n) is 3.65. The molecule has 0 fully saturated rings. The molecule has 0 spiro atoms. The number of amidine groups is 1. The number of aromatic amines is 1. The number of H-pyrrole nitrogens is 1. The Balaban J connectivity index is 1.97. The van der Waals surface area contributed by atoms with E-state index in [0.717, 1.165) is 12.0 Å². The number of hydrogen-bond donors (Lipinski definition) is 7. The molecule has 0 atom stereocenters.